The quantitative estimate of drug-likeness (QED) is 0.661. The average molecular weight is 409 g/mol. The number of aromatic nitrogens is 1. The molecule has 0 radical (unpaired) electrons. The SMILES string of the molecule is C=C1C(=Nc2cc(CN3CCC[C@@H]3C)ccn2)Nc2ccc(C3=CC=CCC=C3)cc21. The van der Waals surface area contributed by atoms with Gasteiger partial charge in [-0.1, -0.05) is 43.0 Å². The first-order chi connectivity index (χ1) is 15.2. The van der Waals surface area contributed by atoms with Crippen LogP contribution >= 0.6 is 0 Å². The summed E-state index contributed by atoms with van der Waals surface area (Å²) < 4.78 is 0. The molecule has 156 valence electrons. The summed E-state index contributed by atoms with van der Waals surface area (Å²) in [6.45, 7) is 8.75. The standard InChI is InChI=1S/C27H28N4/c1-19-8-7-15-31(19)18-21-13-14-28-26(16-21)30-27-20(2)24-17-23(11-12-25(24)29-27)22-9-5-3-4-6-10-22/h3,5-6,9-14,16-17,19H,2,4,7-8,15,18H2,1H3,(H,28,29,30)/t19-/m0/s1. The molecule has 1 aromatic carbocycles. The topological polar surface area (TPSA) is 40.5 Å². The van der Waals surface area contributed by atoms with Gasteiger partial charge in [0.15, 0.2) is 5.82 Å². The Morgan fingerprint density at radius 3 is 3.03 bits per heavy atom. The molecule has 2 aromatic rings. The minimum absolute atomic E-state index is 0.650. The third kappa shape index (κ3) is 4.17. The number of hydrogen-bond acceptors (Lipinski definition) is 3. The van der Waals surface area contributed by atoms with Crippen LogP contribution in [0.25, 0.3) is 11.1 Å². The number of hydrogen-bond donors (Lipinski definition) is 1. The minimum atomic E-state index is 0.650. The lowest BCUT2D eigenvalue weighted by atomic mass is 9.99. The van der Waals surface area contributed by atoms with Gasteiger partial charge in [-0.25, -0.2) is 9.98 Å². The van der Waals surface area contributed by atoms with Gasteiger partial charge in [-0.3, -0.25) is 4.90 Å². The molecule has 1 aromatic heterocycles. The molecular formula is C27H28N4. The third-order valence-corrected chi connectivity index (χ3v) is 6.31. The Morgan fingerprint density at radius 2 is 2.16 bits per heavy atom. The Balaban J connectivity index is 1.37. The molecule has 5 rings (SSSR count). The van der Waals surface area contributed by atoms with E-state index in [1.54, 1.807) is 0 Å². The van der Waals surface area contributed by atoms with Crippen molar-refractivity contribution in [1.29, 1.82) is 0 Å². The Kier molecular flexibility index (Phi) is 5.39. The van der Waals surface area contributed by atoms with Crippen LogP contribution in [0.2, 0.25) is 0 Å². The van der Waals surface area contributed by atoms with E-state index >= 15 is 0 Å². The van der Waals surface area contributed by atoms with Crippen LogP contribution in [0.1, 0.15) is 42.9 Å². The van der Waals surface area contributed by atoms with E-state index in [4.69, 9.17) is 4.99 Å². The number of rotatable bonds is 4. The molecule has 1 aliphatic carbocycles. The van der Waals surface area contributed by atoms with E-state index in [1.165, 1.54) is 36.1 Å². The molecule has 3 aliphatic rings. The van der Waals surface area contributed by atoms with Gasteiger partial charge >= 0.3 is 0 Å². The predicted molar refractivity (Wildman–Crippen MR) is 130 cm³/mol. The summed E-state index contributed by atoms with van der Waals surface area (Å²) in [5.74, 6) is 1.50. The zero-order valence-electron chi connectivity index (χ0n) is 18.0. The van der Waals surface area contributed by atoms with Gasteiger partial charge in [0, 0.05) is 35.6 Å². The first-order valence-electron chi connectivity index (χ1n) is 11.1. The summed E-state index contributed by atoms with van der Waals surface area (Å²) in [6.07, 6.45) is 16.2. The molecule has 31 heavy (non-hydrogen) atoms. The van der Waals surface area contributed by atoms with Crippen molar-refractivity contribution in [3.05, 3.63) is 90.2 Å². The summed E-state index contributed by atoms with van der Waals surface area (Å²) in [7, 11) is 0. The molecule has 3 heterocycles. The second kappa shape index (κ2) is 8.48. The molecule has 0 saturated carbocycles. The fraction of sp³-hybridized carbons (Fsp3) is 0.259. The molecule has 1 fully saturated rings. The van der Waals surface area contributed by atoms with Crippen molar-refractivity contribution >= 4 is 28.5 Å². The summed E-state index contributed by atoms with van der Waals surface area (Å²) in [6, 6.07) is 11.3. The number of likely N-dealkylation sites (tertiary alicyclic amines) is 1. The van der Waals surface area contributed by atoms with Crippen LogP contribution in [0.15, 0.2) is 78.5 Å². The van der Waals surface area contributed by atoms with Crippen LogP contribution in [0, 0.1) is 0 Å². The fourth-order valence-corrected chi connectivity index (χ4v) is 4.48. The second-order valence-corrected chi connectivity index (χ2v) is 8.50. The average Bonchev–Trinajstić information content (AvgIpc) is 3.18. The number of allylic oxidation sites excluding steroid dienone is 6. The Morgan fingerprint density at radius 1 is 1.23 bits per heavy atom. The molecule has 4 nitrogen and oxygen atoms in total. The van der Waals surface area contributed by atoms with Crippen molar-refractivity contribution in [1.82, 2.24) is 9.88 Å². The molecule has 0 spiro atoms. The first kappa shape index (κ1) is 19.7. The van der Waals surface area contributed by atoms with Gasteiger partial charge in [-0.05, 0) is 73.7 Å². The minimum Gasteiger partial charge on any atom is -0.339 e. The van der Waals surface area contributed by atoms with Crippen molar-refractivity contribution in [2.24, 2.45) is 4.99 Å². The van der Waals surface area contributed by atoms with Gasteiger partial charge in [0.25, 0.3) is 0 Å². The lowest BCUT2D eigenvalue weighted by Gasteiger charge is -2.20. The van der Waals surface area contributed by atoms with E-state index < -0.39 is 0 Å². The van der Waals surface area contributed by atoms with Crippen LogP contribution in [0.3, 0.4) is 0 Å². The lowest BCUT2D eigenvalue weighted by molar-refractivity contribution is 0.260. The van der Waals surface area contributed by atoms with E-state index in [0.717, 1.165) is 41.4 Å². The number of pyridine rings is 1. The van der Waals surface area contributed by atoms with E-state index in [1.807, 2.05) is 6.20 Å². The number of nitrogens with one attached hydrogen (secondary N) is 1. The van der Waals surface area contributed by atoms with Crippen LogP contribution in [-0.4, -0.2) is 28.3 Å². The van der Waals surface area contributed by atoms with E-state index in [0.29, 0.717) is 6.04 Å². The van der Waals surface area contributed by atoms with Crippen LogP contribution in [0.4, 0.5) is 11.5 Å². The maximum atomic E-state index is 4.80. The van der Waals surface area contributed by atoms with Crippen molar-refractivity contribution in [3.8, 4) is 0 Å². The number of benzene rings is 1. The first-order valence-corrected chi connectivity index (χ1v) is 11.1. The van der Waals surface area contributed by atoms with E-state index in [2.05, 4.69) is 89.4 Å². The van der Waals surface area contributed by atoms with E-state index in [9.17, 15) is 0 Å². The highest BCUT2D eigenvalue weighted by Crippen LogP contribution is 2.35. The Labute approximate surface area is 184 Å². The monoisotopic (exact) mass is 408 g/mol. The third-order valence-electron chi connectivity index (χ3n) is 6.31. The van der Waals surface area contributed by atoms with Gasteiger partial charge in [0.05, 0.1) is 0 Å². The number of nitrogens with zero attached hydrogens (tertiary/aromatic N) is 3. The number of amidine groups is 1. The fourth-order valence-electron chi connectivity index (χ4n) is 4.48. The molecule has 2 aliphatic heterocycles. The predicted octanol–water partition coefficient (Wildman–Crippen LogP) is 6.13. The normalized spacial score (nSPS) is 21.8. The highest BCUT2D eigenvalue weighted by atomic mass is 15.2. The van der Waals surface area contributed by atoms with Crippen LogP contribution in [0.5, 0.6) is 0 Å². The Hall–Kier alpha value is -3.24. The largest absolute Gasteiger partial charge is 0.339 e. The van der Waals surface area contributed by atoms with Gasteiger partial charge in [0.1, 0.15) is 5.84 Å². The maximum absolute atomic E-state index is 4.80. The van der Waals surface area contributed by atoms with Crippen LogP contribution in [-0.2, 0) is 6.54 Å². The zero-order valence-corrected chi connectivity index (χ0v) is 18.0. The summed E-state index contributed by atoms with van der Waals surface area (Å²) in [5, 5.41) is 3.42. The van der Waals surface area contributed by atoms with Crippen molar-refractivity contribution in [2.45, 2.75) is 38.8 Å². The molecule has 0 unspecified atom stereocenters. The molecular weight excluding hydrogens is 380 g/mol. The van der Waals surface area contributed by atoms with Crippen molar-refractivity contribution in [2.75, 3.05) is 11.9 Å². The zero-order chi connectivity index (χ0) is 21.2. The molecule has 1 saturated heterocycles. The molecule has 0 amide bonds. The number of aliphatic imine (C=N–C) groups is 1. The van der Waals surface area contributed by atoms with Crippen molar-refractivity contribution < 1.29 is 0 Å². The van der Waals surface area contributed by atoms with Gasteiger partial charge in [0.2, 0.25) is 0 Å². The smallest absolute Gasteiger partial charge is 0.154 e. The lowest BCUT2D eigenvalue weighted by Crippen LogP contribution is -2.26. The highest BCUT2D eigenvalue weighted by molar-refractivity contribution is 6.34. The van der Waals surface area contributed by atoms with Crippen molar-refractivity contribution in [3.63, 3.8) is 0 Å². The molecule has 4 heteroatoms. The molecule has 1 N–H and O–H groups in total. The second-order valence-electron chi connectivity index (χ2n) is 8.50. The molecule has 0 bridgehead atoms. The van der Waals surface area contributed by atoms with Gasteiger partial charge < -0.3 is 5.32 Å². The van der Waals surface area contributed by atoms with Gasteiger partial charge in [-0.2, -0.15) is 0 Å². The summed E-state index contributed by atoms with van der Waals surface area (Å²) in [5.41, 5.74) is 6.70. The van der Waals surface area contributed by atoms with Crippen LogP contribution < -0.4 is 5.32 Å². The maximum Gasteiger partial charge on any atom is 0.154 e. The number of fused-ring (bicyclic) bond motifs is 1. The van der Waals surface area contributed by atoms with Gasteiger partial charge in [-0.15, -0.1) is 0 Å². The summed E-state index contributed by atoms with van der Waals surface area (Å²) in [4.78, 5) is 11.8. The molecule has 1 atom stereocenters. The number of anilines is 1. The van der Waals surface area contributed by atoms with E-state index in [-0.39, 0.29) is 0 Å². The highest BCUT2D eigenvalue weighted by Gasteiger charge is 2.22. The summed E-state index contributed by atoms with van der Waals surface area (Å²) >= 11 is 0. The Bertz CT molecular complexity index is 1140.